The van der Waals surface area contributed by atoms with Crippen molar-refractivity contribution in [1.82, 2.24) is 25.3 Å². The zero-order valence-electron chi connectivity index (χ0n) is 16.4. The minimum atomic E-state index is -3.68. The third kappa shape index (κ3) is 4.53. The maximum atomic E-state index is 12.3. The number of hydrogen-bond acceptors (Lipinski definition) is 7. The van der Waals surface area contributed by atoms with Crippen LogP contribution in [-0.4, -0.2) is 48.8 Å². The van der Waals surface area contributed by atoms with Crippen LogP contribution in [0.5, 0.6) is 0 Å². The molecule has 10 nitrogen and oxygen atoms in total. The number of benzene rings is 2. The van der Waals surface area contributed by atoms with Gasteiger partial charge in [0.15, 0.2) is 5.82 Å². The van der Waals surface area contributed by atoms with Crippen LogP contribution in [0.4, 0.5) is 0 Å². The van der Waals surface area contributed by atoms with Crippen LogP contribution >= 0.6 is 0 Å². The predicted molar refractivity (Wildman–Crippen MR) is 107 cm³/mol. The van der Waals surface area contributed by atoms with Crippen LogP contribution in [0.1, 0.15) is 26.5 Å². The van der Waals surface area contributed by atoms with Gasteiger partial charge in [-0.25, -0.2) is 12.7 Å². The minimum absolute atomic E-state index is 0.0293. The van der Waals surface area contributed by atoms with Gasteiger partial charge in [0.25, 0.3) is 17.7 Å². The number of nitrogens with zero attached hydrogens (tertiary/aromatic N) is 3. The summed E-state index contributed by atoms with van der Waals surface area (Å²) in [5.74, 6) is -0.372. The van der Waals surface area contributed by atoms with Crippen molar-refractivity contribution < 1.29 is 22.5 Å². The summed E-state index contributed by atoms with van der Waals surface area (Å²) >= 11 is 0. The summed E-state index contributed by atoms with van der Waals surface area (Å²) in [5, 5.41) is 3.71. The molecule has 3 aromatic rings. The van der Waals surface area contributed by atoms with E-state index in [2.05, 4.69) is 21.0 Å². The quantitative estimate of drug-likeness (QED) is 0.585. The zero-order valence-corrected chi connectivity index (χ0v) is 17.2. The van der Waals surface area contributed by atoms with Crippen LogP contribution in [0.3, 0.4) is 0 Å². The summed E-state index contributed by atoms with van der Waals surface area (Å²) in [5.41, 5.74) is 5.58. The van der Waals surface area contributed by atoms with Gasteiger partial charge in [-0.1, -0.05) is 11.2 Å². The first-order valence-corrected chi connectivity index (χ1v) is 10.2. The predicted octanol–water partition coefficient (Wildman–Crippen LogP) is 1.37. The topological polar surface area (TPSA) is 134 Å². The normalized spacial score (nSPS) is 11.3. The van der Waals surface area contributed by atoms with Gasteiger partial charge in [0.05, 0.1) is 4.90 Å². The van der Waals surface area contributed by atoms with E-state index in [1.54, 1.807) is 31.2 Å². The third-order valence-electron chi connectivity index (χ3n) is 4.09. The molecule has 0 atom stereocenters. The molecule has 30 heavy (non-hydrogen) atoms. The number of sulfonamides is 1. The Morgan fingerprint density at radius 3 is 2.17 bits per heavy atom. The molecule has 0 saturated heterocycles. The molecule has 11 heteroatoms. The maximum Gasteiger partial charge on any atom is 0.269 e. The summed E-state index contributed by atoms with van der Waals surface area (Å²) in [6.07, 6.45) is 0. The second kappa shape index (κ2) is 8.43. The highest BCUT2D eigenvalue weighted by Crippen LogP contribution is 2.18. The first-order valence-electron chi connectivity index (χ1n) is 8.72. The minimum Gasteiger partial charge on any atom is -0.334 e. The largest absolute Gasteiger partial charge is 0.334 e. The first kappa shape index (κ1) is 21.1. The Labute approximate surface area is 172 Å². The fourth-order valence-corrected chi connectivity index (χ4v) is 3.39. The number of rotatable bonds is 5. The van der Waals surface area contributed by atoms with Gasteiger partial charge in [0.2, 0.25) is 10.0 Å². The van der Waals surface area contributed by atoms with Crippen molar-refractivity contribution in [2.45, 2.75) is 11.8 Å². The summed E-state index contributed by atoms with van der Waals surface area (Å²) < 4.78 is 30.5. The molecule has 2 N–H and O–H groups in total. The summed E-state index contributed by atoms with van der Waals surface area (Å²) in [4.78, 5) is 28.7. The molecule has 0 aliphatic carbocycles. The smallest absolute Gasteiger partial charge is 0.269 e. The average Bonchev–Trinajstić information content (AvgIpc) is 3.18. The van der Waals surface area contributed by atoms with Gasteiger partial charge in [0.1, 0.15) is 0 Å². The lowest BCUT2D eigenvalue weighted by Gasteiger charge is -2.12. The van der Waals surface area contributed by atoms with Crippen LogP contribution < -0.4 is 10.9 Å². The standard InChI is InChI=1S/C19H19N5O5S/c1-12-20-19(29-23-12)14-9-7-13(8-10-14)17(25)21-22-18(26)15-5-4-6-16(11-15)30(27,28)24(2)3/h4-11H,1-3H3,(H,21,25)(H,22,26). The molecule has 0 saturated carbocycles. The second-order valence-electron chi connectivity index (χ2n) is 6.45. The number of nitrogens with one attached hydrogen (secondary N) is 2. The van der Waals surface area contributed by atoms with E-state index in [9.17, 15) is 18.0 Å². The number of hydrazine groups is 1. The van der Waals surface area contributed by atoms with Gasteiger partial charge in [-0.3, -0.25) is 20.4 Å². The van der Waals surface area contributed by atoms with Crippen LogP contribution in [-0.2, 0) is 10.0 Å². The van der Waals surface area contributed by atoms with Gasteiger partial charge < -0.3 is 4.52 Å². The monoisotopic (exact) mass is 429 g/mol. The van der Waals surface area contributed by atoms with Gasteiger partial charge in [-0.15, -0.1) is 0 Å². The highest BCUT2D eigenvalue weighted by molar-refractivity contribution is 7.89. The molecule has 0 aliphatic rings. The molecule has 2 aromatic carbocycles. The van der Waals surface area contributed by atoms with E-state index < -0.39 is 21.8 Å². The number of amides is 2. The van der Waals surface area contributed by atoms with Gasteiger partial charge >= 0.3 is 0 Å². The number of aryl methyl sites for hydroxylation is 1. The van der Waals surface area contributed by atoms with E-state index in [1.807, 2.05) is 0 Å². The Morgan fingerprint density at radius 1 is 0.967 bits per heavy atom. The van der Waals surface area contributed by atoms with Crippen molar-refractivity contribution in [3.05, 3.63) is 65.5 Å². The summed E-state index contributed by atoms with van der Waals surface area (Å²) in [6, 6.07) is 11.9. The lowest BCUT2D eigenvalue weighted by Crippen LogP contribution is -2.41. The number of carbonyl (C=O) groups is 2. The Hall–Kier alpha value is -3.57. The van der Waals surface area contributed by atoms with E-state index in [0.717, 1.165) is 4.31 Å². The first-order chi connectivity index (χ1) is 14.2. The Balaban J connectivity index is 1.65. The van der Waals surface area contributed by atoms with E-state index in [-0.39, 0.29) is 10.5 Å². The van der Waals surface area contributed by atoms with Gasteiger partial charge in [-0.2, -0.15) is 4.98 Å². The molecule has 0 bridgehead atoms. The third-order valence-corrected chi connectivity index (χ3v) is 5.90. The molecule has 0 spiro atoms. The molecule has 0 fully saturated rings. The van der Waals surface area contributed by atoms with E-state index >= 15 is 0 Å². The van der Waals surface area contributed by atoms with E-state index in [4.69, 9.17) is 4.52 Å². The van der Waals surface area contributed by atoms with Crippen LogP contribution in [0, 0.1) is 6.92 Å². The summed E-state index contributed by atoms with van der Waals surface area (Å²) in [7, 11) is -0.892. The number of aromatic nitrogens is 2. The van der Waals surface area contributed by atoms with Crippen LogP contribution in [0.2, 0.25) is 0 Å². The lowest BCUT2D eigenvalue weighted by atomic mass is 10.1. The second-order valence-corrected chi connectivity index (χ2v) is 8.60. The van der Waals surface area contributed by atoms with Gasteiger partial charge in [-0.05, 0) is 49.4 Å². The molecule has 0 aliphatic heterocycles. The Bertz CT molecular complexity index is 1190. The Kier molecular flexibility index (Phi) is 5.94. The fourth-order valence-electron chi connectivity index (χ4n) is 2.44. The van der Waals surface area contributed by atoms with Crippen molar-refractivity contribution in [1.29, 1.82) is 0 Å². The van der Waals surface area contributed by atoms with E-state index in [1.165, 1.54) is 38.4 Å². The lowest BCUT2D eigenvalue weighted by molar-refractivity contribution is 0.0846. The van der Waals surface area contributed by atoms with Crippen molar-refractivity contribution in [2.24, 2.45) is 0 Å². The highest BCUT2D eigenvalue weighted by Gasteiger charge is 2.19. The zero-order chi connectivity index (χ0) is 21.9. The molecule has 0 radical (unpaired) electrons. The summed E-state index contributed by atoms with van der Waals surface area (Å²) in [6.45, 7) is 1.70. The average molecular weight is 429 g/mol. The van der Waals surface area contributed by atoms with Crippen molar-refractivity contribution in [3.63, 3.8) is 0 Å². The Morgan fingerprint density at radius 2 is 1.60 bits per heavy atom. The molecule has 1 aromatic heterocycles. The molecular formula is C19H19N5O5S. The van der Waals surface area contributed by atoms with Crippen LogP contribution in [0.25, 0.3) is 11.5 Å². The molecule has 2 amide bonds. The maximum absolute atomic E-state index is 12.3. The molecule has 156 valence electrons. The number of hydrogen-bond donors (Lipinski definition) is 2. The molecule has 3 rings (SSSR count). The van der Waals surface area contributed by atoms with Crippen molar-refractivity contribution >= 4 is 21.8 Å². The number of carbonyl (C=O) groups excluding carboxylic acids is 2. The fraction of sp³-hybridized carbons (Fsp3) is 0.158. The molecule has 0 unspecified atom stereocenters. The van der Waals surface area contributed by atoms with Crippen molar-refractivity contribution in [2.75, 3.05) is 14.1 Å². The molecular weight excluding hydrogens is 410 g/mol. The van der Waals surface area contributed by atoms with Crippen LogP contribution in [0.15, 0.2) is 57.9 Å². The molecule has 1 heterocycles. The highest BCUT2D eigenvalue weighted by atomic mass is 32.2. The van der Waals surface area contributed by atoms with E-state index in [0.29, 0.717) is 22.8 Å². The SMILES string of the molecule is Cc1noc(-c2ccc(C(=O)NNC(=O)c3cccc(S(=O)(=O)N(C)C)c3)cc2)n1. The van der Waals surface area contributed by atoms with Crippen molar-refractivity contribution in [3.8, 4) is 11.5 Å². The van der Waals surface area contributed by atoms with Gasteiger partial charge in [0, 0.05) is 30.8 Å².